The normalized spacial score (nSPS) is 24.4. The van der Waals surface area contributed by atoms with E-state index in [9.17, 15) is 12.8 Å². The lowest BCUT2D eigenvalue weighted by molar-refractivity contribution is 0.0453. The topological polar surface area (TPSA) is 66.4 Å². The molecule has 94 valence electrons. The second kappa shape index (κ2) is 4.72. The van der Waals surface area contributed by atoms with Crippen LogP contribution in [-0.2, 0) is 10.0 Å². The molecular weight excluding hydrogens is 245 g/mol. The molecule has 1 aromatic rings. The lowest BCUT2D eigenvalue weighted by Crippen LogP contribution is -2.38. The molecule has 1 aliphatic rings. The third kappa shape index (κ3) is 2.83. The maximum Gasteiger partial charge on any atom is 0.243 e. The predicted octanol–water partition coefficient (Wildman–Crippen LogP) is 0.875. The van der Waals surface area contributed by atoms with Gasteiger partial charge < -0.3 is 5.11 Å². The van der Waals surface area contributed by atoms with E-state index in [0.29, 0.717) is 12.8 Å². The zero-order valence-electron chi connectivity index (χ0n) is 9.14. The molecule has 0 atom stereocenters. The van der Waals surface area contributed by atoms with E-state index >= 15 is 0 Å². The van der Waals surface area contributed by atoms with E-state index in [1.165, 1.54) is 18.2 Å². The smallest absolute Gasteiger partial charge is 0.243 e. The van der Waals surface area contributed by atoms with Crippen LogP contribution in [0.2, 0.25) is 0 Å². The molecule has 1 fully saturated rings. The fourth-order valence-corrected chi connectivity index (χ4v) is 3.03. The van der Waals surface area contributed by atoms with Crippen molar-refractivity contribution in [2.75, 3.05) is 6.54 Å². The Morgan fingerprint density at radius 1 is 1.35 bits per heavy atom. The summed E-state index contributed by atoms with van der Waals surface area (Å²) in [6, 6.07) is 5.26. The Hall–Kier alpha value is -0.980. The van der Waals surface area contributed by atoms with Crippen molar-refractivity contribution in [2.45, 2.75) is 23.8 Å². The molecule has 1 saturated carbocycles. The Kier molecular flexibility index (Phi) is 3.46. The van der Waals surface area contributed by atoms with Gasteiger partial charge in [-0.1, -0.05) is 12.1 Å². The highest BCUT2D eigenvalue weighted by atomic mass is 32.2. The molecule has 4 nitrogen and oxygen atoms in total. The van der Waals surface area contributed by atoms with Gasteiger partial charge in [0.05, 0.1) is 6.10 Å². The minimum Gasteiger partial charge on any atom is -0.393 e. The van der Waals surface area contributed by atoms with Gasteiger partial charge in [-0.15, -0.1) is 0 Å². The molecule has 0 unspecified atom stereocenters. The molecule has 6 heteroatoms. The van der Waals surface area contributed by atoms with E-state index in [2.05, 4.69) is 4.72 Å². The van der Waals surface area contributed by atoms with E-state index in [0.717, 1.165) is 6.07 Å². The molecule has 0 spiro atoms. The van der Waals surface area contributed by atoms with Gasteiger partial charge >= 0.3 is 0 Å². The SMILES string of the molecule is O=S(=O)(NCC1CC(O)C1)c1ccccc1F. The number of rotatable bonds is 4. The van der Waals surface area contributed by atoms with E-state index in [-0.39, 0.29) is 23.5 Å². The van der Waals surface area contributed by atoms with Gasteiger partial charge in [0.1, 0.15) is 10.7 Å². The lowest BCUT2D eigenvalue weighted by Gasteiger charge is -2.31. The van der Waals surface area contributed by atoms with Crippen LogP contribution in [0.4, 0.5) is 4.39 Å². The van der Waals surface area contributed by atoms with Crippen molar-refractivity contribution in [1.82, 2.24) is 4.72 Å². The monoisotopic (exact) mass is 259 g/mol. The quantitative estimate of drug-likeness (QED) is 0.843. The number of aliphatic hydroxyl groups is 1. The Bertz CT molecular complexity index is 497. The Morgan fingerprint density at radius 2 is 2.00 bits per heavy atom. The summed E-state index contributed by atoms with van der Waals surface area (Å²) in [6.45, 7) is 0.244. The summed E-state index contributed by atoms with van der Waals surface area (Å²) in [5.41, 5.74) is 0. The van der Waals surface area contributed by atoms with Crippen LogP contribution < -0.4 is 4.72 Å². The largest absolute Gasteiger partial charge is 0.393 e. The number of hydrogen-bond donors (Lipinski definition) is 2. The van der Waals surface area contributed by atoms with Gasteiger partial charge in [0, 0.05) is 6.54 Å². The first kappa shape index (κ1) is 12.5. The van der Waals surface area contributed by atoms with Crippen molar-refractivity contribution < 1.29 is 17.9 Å². The van der Waals surface area contributed by atoms with Crippen LogP contribution in [0.1, 0.15) is 12.8 Å². The molecule has 0 aromatic heterocycles. The molecule has 0 bridgehead atoms. The molecule has 1 aromatic carbocycles. The molecule has 17 heavy (non-hydrogen) atoms. The molecule has 0 saturated heterocycles. The van der Waals surface area contributed by atoms with Gasteiger partial charge in [0.2, 0.25) is 10.0 Å². The van der Waals surface area contributed by atoms with Crippen molar-refractivity contribution in [2.24, 2.45) is 5.92 Å². The average Bonchev–Trinajstić information content (AvgIpc) is 2.23. The standard InChI is InChI=1S/C11H14FNO3S/c12-10-3-1-2-4-11(10)17(15,16)13-7-8-5-9(14)6-8/h1-4,8-9,13-14H,5-7H2. The molecule has 0 aliphatic heterocycles. The maximum absolute atomic E-state index is 13.3. The second-order valence-electron chi connectivity index (χ2n) is 4.27. The van der Waals surface area contributed by atoms with E-state index in [1.54, 1.807) is 0 Å². The summed E-state index contributed by atoms with van der Waals surface area (Å²) >= 11 is 0. The number of hydrogen-bond acceptors (Lipinski definition) is 3. The van der Waals surface area contributed by atoms with Crippen LogP contribution >= 0.6 is 0 Å². The van der Waals surface area contributed by atoms with Gasteiger partial charge in [-0.3, -0.25) is 0 Å². The van der Waals surface area contributed by atoms with Crippen LogP contribution in [-0.4, -0.2) is 26.2 Å². The summed E-state index contributed by atoms with van der Waals surface area (Å²) in [5.74, 6) is -0.611. The van der Waals surface area contributed by atoms with E-state index < -0.39 is 15.8 Å². The van der Waals surface area contributed by atoms with Gasteiger partial charge in [0.25, 0.3) is 0 Å². The highest BCUT2D eigenvalue weighted by molar-refractivity contribution is 7.89. The molecule has 0 heterocycles. The van der Waals surface area contributed by atoms with Crippen LogP contribution in [0.25, 0.3) is 0 Å². The molecule has 0 radical (unpaired) electrons. The number of benzene rings is 1. The van der Waals surface area contributed by atoms with Crippen LogP contribution in [0.3, 0.4) is 0 Å². The number of halogens is 1. The summed E-state index contributed by atoms with van der Waals surface area (Å²) in [5, 5.41) is 9.07. The van der Waals surface area contributed by atoms with Crippen LogP contribution in [0, 0.1) is 11.7 Å². The highest BCUT2D eigenvalue weighted by Crippen LogP contribution is 2.26. The van der Waals surface area contributed by atoms with Crippen molar-refractivity contribution in [3.63, 3.8) is 0 Å². The van der Waals surface area contributed by atoms with Crippen molar-refractivity contribution in [3.05, 3.63) is 30.1 Å². The van der Waals surface area contributed by atoms with E-state index in [4.69, 9.17) is 5.11 Å². The van der Waals surface area contributed by atoms with Crippen molar-refractivity contribution in [1.29, 1.82) is 0 Å². The zero-order chi connectivity index (χ0) is 12.5. The molecule has 2 N–H and O–H groups in total. The average molecular weight is 259 g/mol. The zero-order valence-corrected chi connectivity index (χ0v) is 9.95. The van der Waals surface area contributed by atoms with Crippen LogP contribution in [0.5, 0.6) is 0 Å². The summed E-state index contributed by atoms with van der Waals surface area (Å²) in [6.07, 6.45) is 0.873. The number of aliphatic hydroxyl groups excluding tert-OH is 1. The Morgan fingerprint density at radius 3 is 2.59 bits per heavy atom. The maximum atomic E-state index is 13.3. The third-order valence-electron chi connectivity index (χ3n) is 2.90. The fraction of sp³-hybridized carbons (Fsp3) is 0.455. The summed E-state index contributed by atoms with van der Waals surface area (Å²) in [7, 11) is -3.79. The Balaban J connectivity index is 2.02. The van der Waals surface area contributed by atoms with Gasteiger partial charge in [-0.25, -0.2) is 17.5 Å². The number of nitrogens with one attached hydrogen (secondary N) is 1. The highest BCUT2D eigenvalue weighted by Gasteiger charge is 2.29. The molecule has 1 aliphatic carbocycles. The molecular formula is C11H14FNO3S. The molecule has 2 rings (SSSR count). The number of sulfonamides is 1. The third-order valence-corrected chi connectivity index (χ3v) is 4.36. The lowest BCUT2D eigenvalue weighted by atomic mass is 9.83. The minimum absolute atomic E-state index is 0.145. The van der Waals surface area contributed by atoms with Crippen molar-refractivity contribution in [3.8, 4) is 0 Å². The van der Waals surface area contributed by atoms with E-state index in [1.807, 2.05) is 0 Å². The minimum atomic E-state index is -3.79. The summed E-state index contributed by atoms with van der Waals surface area (Å²) in [4.78, 5) is -0.333. The van der Waals surface area contributed by atoms with Gasteiger partial charge in [-0.2, -0.15) is 0 Å². The van der Waals surface area contributed by atoms with Gasteiger partial charge in [0.15, 0.2) is 0 Å². The first-order chi connectivity index (χ1) is 7.99. The van der Waals surface area contributed by atoms with Crippen LogP contribution in [0.15, 0.2) is 29.2 Å². The predicted molar refractivity (Wildman–Crippen MR) is 60.3 cm³/mol. The molecule has 0 amide bonds. The van der Waals surface area contributed by atoms with Gasteiger partial charge in [-0.05, 0) is 30.9 Å². The summed E-state index contributed by atoms with van der Waals surface area (Å²) < 4.78 is 39.2. The van der Waals surface area contributed by atoms with Crippen molar-refractivity contribution >= 4 is 10.0 Å². The Labute approximate surface area is 99.5 Å². The second-order valence-corrected chi connectivity index (χ2v) is 6.01. The first-order valence-corrected chi connectivity index (χ1v) is 6.89. The first-order valence-electron chi connectivity index (χ1n) is 5.41. The fourth-order valence-electron chi connectivity index (χ4n) is 1.84.